The van der Waals surface area contributed by atoms with Crippen molar-refractivity contribution < 1.29 is 14.4 Å². The van der Waals surface area contributed by atoms with Gasteiger partial charge in [-0.05, 0) is 55.3 Å². The van der Waals surface area contributed by atoms with E-state index in [9.17, 15) is 14.4 Å². The monoisotopic (exact) mass is 353 g/mol. The average molecular weight is 353 g/mol. The highest BCUT2D eigenvalue weighted by Crippen LogP contribution is 2.18. The summed E-state index contributed by atoms with van der Waals surface area (Å²) in [4.78, 5) is 37.1. The lowest BCUT2D eigenvalue weighted by atomic mass is 10.1. The molecule has 0 aliphatic heterocycles. The van der Waals surface area contributed by atoms with E-state index in [0.717, 1.165) is 16.8 Å². The van der Waals surface area contributed by atoms with Crippen molar-refractivity contribution in [2.45, 2.75) is 20.8 Å². The summed E-state index contributed by atoms with van der Waals surface area (Å²) >= 11 is 0. The first kappa shape index (κ1) is 19.2. The lowest BCUT2D eigenvalue weighted by Gasteiger charge is -2.18. The van der Waals surface area contributed by atoms with Crippen molar-refractivity contribution in [3.63, 3.8) is 0 Å². The van der Waals surface area contributed by atoms with Gasteiger partial charge in [0, 0.05) is 30.9 Å². The van der Waals surface area contributed by atoms with Crippen LogP contribution in [0.3, 0.4) is 0 Å². The highest BCUT2D eigenvalue weighted by atomic mass is 16.2. The van der Waals surface area contributed by atoms with Crippen molar-refractivity contribution in [1.29, 1.82) is 0 Å². The fourth-order valence-electron chi connectivity index (χ4n) is 2.48. The molecule has 0 heterocycles. The van der Waals surface area contributed by atoms with E-state index in [1.54, 1.807) is 31.3 Å². The number of likely N-dealkylation sites (N-methyl/N-ethyl adjacent to an activating group) is 1. The Labute approximate surface area is 153 Å². The van der Waals surface area contributed by atoms with E-state index in [0.29, 0.717) is 11.3 Å². The van der Waals surface area contributed by atoms with Gasteiger partial charge in [0.15, 0.2) is 0 Å². The lowest BCUT2D eigenvalue weighted by molar-refractivity contribution is -0.116. The van der Waals surface area contributed by atoms with E-state index in [-0.39, 0.29) is 24.3 Å². The highest BCUT2D eigenvalue weighted by molar-refractivity contribution is 6.00. The second-order valence-corrected chi connectivity index (χ2v) is 6.22. The standard InChI is InChI=1S/C20H23N3O3/c1-13-6-5-7-18(14(13)2)22-19(25)12-23(4)20(26)16-8-10-17(11-9-16)21-15(3)24/h5-11H,12H2,1-4H3,(H,21,24)(H,22,25). The molecule has 0 atom stereocenters. The maximum absolute atomic E-state index is 12.4. The van der Waals surface area contributed by atoms with Gasteiger partial charge in [0.05, 0.1) is 6.54 Å². The molecular formula is C20H23N3O3. The maximum atomic E-state index is 12.4. The van der Waals surface area contributed by atoms with Crippen molar-refractivity contribution in [3.05, 3.63) is 59.2 Å². The van der Waals surface area contributed by atoms with Gasteiger partial charge in [-0.25, -0.2) is 0 Å². The largest absolute Gasteiger partial charge is 0.332 e. The molecule has 26 heavy (non-hydrogen) atoms. The third-order valence-electron chi connectivity index (χ3n) is 4.06. The second-order valence-electron chi connectivity index (χ2n) is 6.22. The number of amides is 3. The minimum atomic E-state index is -0.268. The molecule has 0 aliphatic carbocycles. The van der Waals surface area contributed by atoms with E-state index in [4.69, 9.17) is 0 Å². The summed E-state index contributed by atoms with van der Waals surface area (Å²) in [6, 6.07) is 12.2. The molecular weight excluding hydrogens is 330 g/mol. The van der Waals surface area contributed by atoms with Crippen LogP contribution in [-0.2, 0) is 9.59 Å². The smallest absolute Gasteiger partial charge is 0.254 e. The van der Waals surface area contributed by atoms with Crippen LogP contribution in [0, 0.1) is 13.8 Å². The normalized spacial score (nSPS) is 10.2. The number of anilines is 2. The molecule has 2 aromatic rings. The Bertz CT molecular complexity index is 829. The Morgan fingerprint density at radius 1 is 0.962 bits per heavy atom. The topological polar surface area (TPSA) is 78.5 Å². The summed E-state index contributed by atoms with van der Waals surface area (Å²) in [6.07, 6.45) is 0. The Hall–Kier alpha value is -3.15. The number of rotatable bonds is 5. The molecule has 0 bridgehead atoms. The van der Waals surface area contributed by atoms with E-state index in [1.165, 1.54) is 11.8 Å². The average Bonchev–Trinajstić information content (AvgIpc) is 2.58. The lowest BCUT2D eigenvalue weighted by Crippen LogP contribution is -2.35. The van der Waals surface area contributed by atoms with Crippen molar-refractivity contribution in [3.8, 4) is 0 Å². The van der Waals surface area contributed by atoms with Gasteiger partial charge in [0.2, 0.25) is 11.8 Å². The van der Waals surface area contributed by atoms with Crippen molar-refractivity contribution in [2.24, 2.45) is 0 Å². The molecule has 2 aromatic carbocycles. The van der Waals surface area contributed by atoms with Gasteiger partial charge in [-0.15, -0.1) is 0 Å². The van der Waals surface area contributed by atoms with Crippen molar-refractivity contribution >= 4 is 29.1 Å². The first-order valence-electron chi connectivity index (χ1n) is 8.27. The number of hydrogen-bond donors (Lipinski definition) is 2. The van der Waals surface area contributed by atoms with Crippen LogP contribution < -0.4 is 10.6 Å². The van der Waals surface area contributed by atoms with Crippen LogP contribution in [0.2, 0.25) is 0 Å². The van der Waals surface area contributed by atoms with Gasteiger partial charge in [-0.1, -0.05) is 12.1 Å². The number of aryl methyl sites for hydroxylation is 1. The van der Waals surface area contributed by atoms with Crippen LogP contribution in [0.4, 0.5) is 11.4 Å². The fourth-order valence-corrected chi connectivity index (χ4v) is 2.48. The number of carbonyl (C=O) groups excluding carboxylic acids is 3. The zero-order chi connectivity index (χ0) is 19.3. The van der Waals surface area contributed by atoms with Gasteiger partial charge in [-0.2, -0.15) is 0 Å². The Morgan fingerprint density at radius 3 is 2.23 bits per heavy atom. The number of hydrogen-bond acceptors (Lipinski definition) is 3. The predicted octanol–water partition coefficient (Wildman–Crippen LogP) is 2.97. The van der Waals surface area contributed by atoms with Gasteiger partial charge >= 0.3 is 0 Å². The molecule has 0 fully saturated rings. The second kappa shape index (κ2) is 8.29. The van der Waals surface area contributed by atoms with E-state index in [1.807, 2.05) is 32.0 Å². The summed E-state index contributed by atoms with van der Waals surface area (Å²) < 4.78 is 0. The molecule has 0 saturated carbocycles. The Kier molecular flexibility index (Phi) is 6.11. The van der Waals surface area contributed by atoms with Crippen LogP contribution in [-0.4, -0.2) is 36.2 Å². The van der Waals surface area contributed by atoms with E-state index < -0.39 is 0 Å². The van der Waals surface area contributed by atoms with Crippen LogP contribution in [0.25, 0.3) is 0 Å². The quantitative estimate of drug-likeness (QED) is 0.867. The van der Waals surface area contributed by atoms with Crippen LogP contribution in [0.15, 0.2) is 42.5 Å². The highest BCUT2D eigenvalue weighted by Gasteiger charge is 2.15. The molecule has 2 N–H and O–H groups in total. The number of nitrogens with one attached hydrogen (secondary N) is 2. The molecule has 136 valence electrons. The fraction of sp³-hybridized carbons (Fsp3) is 0.250. The number of carbonyl (C=O) groups is 3. The summed E-state index contributed by atoms with van der Waals surface area (Å²) in [5.41, 5.74) is 3.90. The SMILES string of the molecule is CC(=O)Nc1ccc(C(=O)N(C)CC(=O)Nc2cccc(C)c2C)cc1. The van der Waals surface area contributed by atoms with Crippen LogP contribution >= 0.6 is 0 Å². The molecule has 0 radical (unpaired) electrons. The zero-order valence-corrected chi connectivity index (χ0v) is 15.4. The summed E-state index contributed by atoms with van der Waals surface area (Å²) in [6.45, 7) is 5.28. The molecule has 6 nitrogen and oxygen atoms in total. The minimum Gasteiger partial charge on any atom is -0.332 e. The summed E-state index contributed by atoms with van der Waals surface area (Å²) in [5, 5.41) is 5.48. The van der Waals surface area contributed by atoms with Gasteiger partial charge in [0.1, 0.15) is 0 Å². The molecule has 0 spiro atoms. The minimum absolute atomic E-state index is 0.0559. The Balaban J connectivity index is 1.98. The summed E-state index contributed by atoms with van der Waals surface area (Å²) in [7, 11) is 1.58. The van der Waals surface area contributed by atoms with Crippen LogP contribution in [0.1, 0.15) is 28.4 Å². The van der Waals surface area contributed by atoms with Crippen LogP contribution in [0.5, 0.6) is 0 Å². The van der Waals surface area contributed by atoms with E-state index >= 15 is 0 Å². The zero-order valence-electron chi connectivity index (χ0n) is 15.4. The number of nitrogens with zero attached hydrogens (tertiary/aromatic N) is 1. The van der Waals surface area contributed by atoms with Gasteiger partial charge in [0.25, 0.3) is 5.91 Å². The molecule has 0 aliphatic rings. The first-order chi connectivity index (χ1) is 12.3. The van der Waals surface area contributed by atoms with Crippen molar-refractivity contribution in [1.82, 2.24) is 4.90 Å². The molecule has 3 amide bonds. The molecule has 0 unspecified atom stereocenters. The maximum Gasteiger partial charge on any atom is 0.254 e. The van der Waals surface area contributed by atoms with Crippen molar-refractivity contribution in [2.75, 3.05) is 24.2 Å². The summed E-state index contributed by atoms with van der Waals surface area (Å²) in [5.74, 6) is -0.704. The number of benzene rings is 2. The van der Waals surface area contributed by atoms with Gasteiger partial charge in [-0.3, -0.25) is 14.4 Å². The van der Waals surface area contributed by atoms with E-state index in [2.05, 4.69) is 10.6 Å². The first-order valence-corrected chi connectivity index (χ1v) is 8.27. The molecule has 2 rings (SSSR count). The Morgan fingerprint density at radius 2 is 1.62 bits per heavy atom. The third kappa shape index (κ3) is 4.92. The molecule has 6 heteroatoms. The van der Waals surface area contributed by atoms with Gasteiger partial charge < -0.3 is 15.5 Å². The predicted molar refractivity (Wildman–Crippen MR) is 102 cm³/mol. The molecule has 0 saturated heterocycles. The molecule has 0 aromatic heterocycles. The third-order valence-corrected chi connectivity index (χ3v) is 4.06.